The number of nitrogens with zero attached hydrogens (tertiary/aromatic N) is 6. The molecule has 0 saturated carbocycles. The van der Waals surface area contributed by atoms with E-state index in [2.05, 4.69) is 20.4 Å². The standard InChI is InChI=1S/C25H31ClN6O4/c1-4-34-21-15-18(16-22(35-5-2)24(21)36-6-3)25(33)31-13-11-30(12-14-31)17-23-27-28-29-32(23)20-9-7-19(26)8-10-20/h7-10,15-16H,4-6,11-14,17H2,1-3H3. The summed E-state index contributed by atoms with van der Waals surface area (Å²) < 4.78 is 19.0. The van der Waals surface area contributed by atoms with Gasteiger partial charge in [0.1, 0.15) is 0 Å². The molecule has 1 fully saturated rings. The van der Waals surface area contributed by atoms with E-state index >= 15 is 0 Å². The molecule has 36 heavy (non-hydrogen) atoms. The SMILES string of the molecule is CCOc1cc(C(=O)N2CCN(Cc3nnnn3-c3ccc(Cl)cc3)CC2)cc(OCC)c1OCC. The van der Waals surface area contributed by atoms with Gasteiger partial charge in [0.15, 0.2) is 17.3 Å². The van der Waals surface area contributed by atoms with Crippen molar-refractivity contribution in [3.8, 4) is 22.9 Å². The number of benzene rings is 2. The molecular formula is C25H31ClN6O4. The minimum Gasteiger partial charge on any atom is -0.490 e. The fourth-order valence-corrected chi connectivity index (χ4v) is 4.22. The van der Waals surface area contributed by atoms with Gasteiger partial charge in [0, 0.05) is 36.8 Å². The Morgan fingerprint density at radius 1 is 0.917 bits per heavy atom. The average molecular weight is 515 g/mol. The van der Waals surface area contributed by atoms with E-state index in [4.69, 9.17) is 25.8 Å². The van der Waals surface area contributed by atoms with Crippen LogP contribution in [-0.2, 0) is 6.54 Å². The fraction of sp³-hybridized carbons (Fsp3) is 0.440. The summed E-state index contributed by atoms with van der Waals surface area (Å²) in [4.78, 5) is 17.5. The van der Waals surface area contributed by atoms with Crippen LogP contribution in [0.15, 0.2) is 36.4 Å². The summed E-state index contributed by atoms with van der Waals surface area (Å²) in [5.41, 5.74) is 1.37. The fourth-order valence-electron chi connectivity index (χ4n) is 4.09. The number of hydrogen-bond acceptors (Lipinski definition) is 8. The molecule has 4 rings (SSSR count). The van der Waals surface area contributed by atoms with Crippen molar-refractivity contribution in [3.05, 3.63) is 52.8 Å². The van der Waals surface area contributed by atoms with E-state index in [1.54, 1.807) is 16.8 Å². The summed E-state index contributed by atoms with van der Waals surface area (Å²) >= 11 is 6.00. The molecule has 10 nitrogen and oxygen atoms in total. The summed E-state index contributed by atoms with van der Waals surface area (Å²) in [6.45, 7) is 10.2. The number of ether oxygens (including phenoxy) is 3. The van der Waals surface area contributed by atoms with Gasteiger partial charge in [-0.15, -0.1) is 5.10 Å². The highest BCUT2D eigenvalue weighted by Gasteiger charge is 2.26. The van der Waals surface area contributed by atoms with Crippen molar-refractivity contribution in [1.29, 1.82) is 0 Å². The second-order valence-corrected chi connectivity index (χ2v) is 8.59. The maximum absolute atomic E-state index is 13.4. The first-order valence-corrected chi connectivity index (χ1v) is 12.5. The van der Waals surface area contributed by atoms with E-state index in [-0.39, 0.29) is 5.91 Å². The highest BCUT2D eigenvalue weighted by atomic mass is 35.5. The van der Waals surface area contributed by atoms with Crippen LogP contribution in [0.25, 0.3) is 5.69 Å². The Morgan fingerprint density at radius 2 is 1.53 bits per heavy atom. The Balaban J connectivity index is 1.43. The summed E-state index contributed by atoms with van der Waals surface area (Å²) in [5, 5.41) is 12.8. The minimum absolute atomic E-state index is 0.0643. The topological polar surface area (TPSA) is 94.8 Å². The second kappa shape index (κ2) is 12.0. The molecule has 1 saturated heterocycles. The van der Waals surface area contributed by atoms with Crippen molar-refractivity contribution in [2.75, 3.05) is 46.0 Å². The van der Waals surface area contributed by atoms with E-state index < -0.39 is 0 Å². The number of carbonyl (C=O) groups is 1. The van der Waals surface area contributed by atoms with Crippen LogP contribution in [-0.4, -0.2) is 81.9 Å². The van der Waals surface area contributed by atoms with Crippen LogP contribution in [0.1, 0.15) is 37.0 Å². The smallest absolute Gasteiger partial charge is 0.254 e. The first-order valence-electron chi connectivity index (χ1n) is 12.1. The van der Waals surface area contributed by atoms with E-state index in [9.17, 15) is 4.79 Å². The van der Waals surface area contributed by atoms with Crippen LogP contribution in [0.3, 0.4) is 0 Å². The molecule has 0 unspecified atom stereocenters. The second-order valence-electron chi connectivity index (χ2n) is 8.15. The van der Waals surface area contributed by atoms with E-state index in [0.717, 1.165) is 11.5 Å². The van der Waals surface area contributed by atoms with Crippen LogP contribution in [0.5, 0.6) is 17.2 Å². The number of piperazine rings is 1. The molecule has 2 heterocycles. The molecule has 1 amide bonds. The highest BCUT2D eigenvalue weighted by Crippen LogP contribution is 2.39. The van der Waals surface area contributed by atoms with Gasteiger partial charge in [0.2, 0.25) is 5.75 Å². The predicted molar refractivity (Wildman–Crippen MR) is 135 cm³/mol. The van der Waals surface area contributed by atoms with Gasteiger partial charge in [-0.1, -0.05) is 11.6 Å². The minimum atomic E-state index is -0.0643. The Kier molecular flexibility index (Phi) is 8.61. The quantitative estimate of drug-likeness (QED) is 0.406. The molecular weight excluding hydrogens is 484 g/mol. The number of carbonyl (C=O) groups excluding carboxylic acids is 1. The third-order valence-corrected chi connectivity index (χ3v) is 6.04. The molecule has 0 aliphatic carbocycles. The van der Waals surface area contributed by atoms with Crippen LogP contribution < -0.4 is 14.2 Å². The van der Waals surface area contributed by atoms with Gasteiger partial charge in [-0.05, 0) is 67.6 Å². The Hall–Kier alpha value is -3.37. The van der Waals surface area contributed by atoms with Crippen molar-refractivity contribution in [3.63, 3.8) is 0 Å². The van der Waals surface area contributed by atoms with E-state index in [1.165, 1.54) is 0 Å². The molecule has 0 bridgehead atoms. The van der Waals surface area contributed by atoms with Gasteiger partial charge in [-0.2, -0.15) is 4.68 Å². The monoisotopic (exact) mass is 514 g/mol. The van der Waals surface area contributed by atoms with Crippen LogP contribution in [0.4, 0.5) is 0 Å². The van der Waals surface area contributed by atoms with Crippen molar-refractivity contribution < 1.29 is 19.0 Å². The lowest BCUT2D eigenvalue weighted by Crippen LogP contribution is -2.48. The lowest BCUT2D eigenvalue weighted by molar-refractivity contribution is 0.0623. The molecule has 0 radical (unpaired) electrons. The first kappa shape index (κ1) is 25.7. The van der Waals surface area contributed by atoms with Gasteiger partial charge in [0.05, 0.1) is 32.1 Å². The third-order valence-electron chi connectivity index (χ3n) is 5.79. The van der Waals surface area contributed by atoms with Gasteiger partial charge in [-0.3, -0.25) is 9.69 Å². The summed E-state index contributed by atoms with van der Waals surface area (Å²) in [5.74, 6) is 2.22. The Bertz CT molecular complexity index is 1130. The van der Waals surface area contributed by atoms with E-state index in [0.29, 0.717) is 80.4 Å². The maximum atomic E-state index is 13.4. The summed E-state index contributed by atoms with van der Waals surface area (Å²) in [7, 11) is 0. The lowest BCUT2D eigenvalue weighted by Gasteiger charge is -2.34. The van der Waals surface area contributed by atoms with Crippen molar-refractivity contribution >= 4 is 17.5 Å². The molecule has 192 valence electrons. The number of amides is 1. The van der Waals surface area contributed by atoms with Crippen molar-refractivity contribution in [2.24, 2.45) is 0 Å². The Labute approximate surface area is 215 Å². The first-order chi connectivity index (χ1) is 17.5. The average Bonchev–Trinajstić information content (AvgIpc) is 3.34. The normalized spacial score (nSPS) is 14.1. The van der Waals surface area contributed by atoms with Gasteiger partial charge >= 0.3 is 0 Å². The van der Waals surface area contributed by atoms with Crippen LogP contribution >= 0.6 is 11.6 Å². The number of hydrogen-bond donors (Lipinski definition) is 0. The lowest BCUT2D eigenvalue weighted by atomic mass is 10.1. The molecule has 1 aromatic heterocycles. The zero-order valence-electron chi connectivity index (χ0n) is 20.8. The number of rotatable bonds is 10. The number of tetrazole rings is 1. The molecule has 0 spiro atoms. The van der Waals surface area contributed by atoms with Crippen molar-refractivity contribution in [1.82, 2.24) is 30.0 Å². The predicted octanol–water partition coefficient (Wildman–Crippen LogP) is 3.47. The zero-order valence-corrected chi connectivity index (χ0v) is 21.6. The Morgan fingerprint density at radius 3 is 2.11 bits per heavy atom. The largest absolute Gasteiger partial charge is 0.490 e. The van der Waals surface area contributed by atoms with Crippen LogP contribution in [0, 0.1) is 0 Å². The number of halogens is 1. The molecule has 1 aliphatic heterocycles. The molecule has 0 atom stereocenters. The van der Waals surface area contributed by atoms with Crippen molar-refractivity contribution in [2.45, 2.75) is 27.3 Å². The van der Waals surface area contributed by atoms with Gasteiger partial charge in [-0.25, -0.2) is 0 Å². The third kappa shape index (κ3) is 5.88. The molecule has 3 aromatic rings. The number of aromatic nitrogens is 4. The molecule has 1 aliphatic rings. The molecule has 0 N–H and O–H groups in total. The summed E-state index contributed by atoms with van der Waals surface area (Å²) in [6.07, 6.45) is 0. The maximum Gasteiger partial charge on any atom is 0.254 e. The van der Waals surface area contributed by atoms with Gasteiger partial charge < -0.3 is 19.1 Å². The van der Waals surface area contributed by atoms with Crippen LogP contribution in [0.2, 0.25) is 5.02 Å². The highest BCUT2D eigenvalue weighted by molar-refractivity contribution is 6.30. The van der Waals surface area contributed by atoms with Gasteiger partial charge in [0.25, 0.3) is 5.91 Å². The summed E-state index contributed by atoms with van der Waals surface area (Å²) in [6, 6.07) is 10.9. The molecule has 11 heteroatoms. The zero-order chi connectivity index (χ0) is 25.5. The molecule has 2 aromatic carbocycles. The van der Waals surface area contributed by atoms with E-state index in [1.807, 2.05) is 49.9 Å².